The largest absolute Gasteiger partial charge is 0.469 e. The van der Waals surface area contributed by atoms with E-state index < -0.39 is 9.84 Å². The average molecular weight is 338 g/mol. The first kappa shape index (κ1) is 15.2. The Morgan fingerprint density at radius 3 is 2.61 bits per heavy atom. The van der Waals surface area contributed by atoms with E-state index in [9.17, 15) is 13.2 Å². The van der Waals surface area contributed by atoms with Crippen molar-refractivity contribution in [2.24, 2.45) is 5.92 Å². The molecule has 1 saturated carbocycles. The lowest BCUT2D eigenvalue weighted by atomic mass is 10.1. The summed E-state index contributed by atoms with van der Waals surface area (Å²) in [6.45, 7) is 2.97. The van der Waals surface area contributed by atoms with E-state index >= 15 is 0 Å². The molecule has 23 heavy (non-hydrogen) atoms. The Labute approximate surface area is 136 Å². The molecule has 1 aromatic rings. The second-order valence-corrected chi connectivity index (χ2v) is 9.11. The van der Waals surface area contributed by atoms with Crippen molar-refractivity contribution in [1.29, 1.82) is 0 Å². The summed E-state index contributed by atoms with van der Waals surface area (Å²) >= 11 is 0. The molecular weight excluding hydrogens is 316 g/mol. The predicted octanol–water partition coefficient (Wildman–Crippen LogP) is 0.714. The molecule has 2 aliphatic heterocycles. The molecule has 3 aliphatic rings. The van der Waals surface area contributed by atoms with Gasteiger partial charge in [0.15, 0.2) is 9.84 Å². The summed E-state index contributed by atoms with van der Waals surface area (Å²) in [5.74, 6) is 2.05. The van der Waals surface area contributed by atoms with Gasteiger partial charge in [-0.3, -0.25) is 9.69 Å². The molecule has 0 spiro atoms. The number of piperazine rings is 1. The van der Waals surface area contributed by atoms with Gasteiger partial charge in [0, 0.05) is 44.1 Å². The lowest BCUT2D eigenvalue weighted by molar-refractivity contribution is -0.134. The Bertz CT molecular complexity index is 677. The fourth-order valence-electron chi connectivity index (χ4n) is 3.89. The first-order chi connectivity index (χ1) is 11.0. The standard InChI is InChI=1S/C16H22N2O4S/c19-16(14-10-13(14)15-2-1-8-22-15)18-6-4-17(5-7-18)12-3-9-23(20,21)11-12/h1-2,8,12-14H,3-7,9-11H2/t12-,13-,14-/m1/s1. The van der Waals surface area contributed by atoms with Crippen LogP contribution in [-0.4, -0.2) is 67.9 Å². The van der Waals surface area contributed by atoms with E-state index in [2.05, 4.69) is 4.90 Å². The SMILES string of the molecule is O=C([C@@H]1C[C@H]1c1ccco1)N1CCN([C@@H]2CCS(=O)(=O)C2)CC1. The molecular formula is C16H22N2O4S. The highest BCUT2D eigenvalue weighted by Gasteiger charge is 2.48. The third-order valence-electron chi connectivity index (χ3n) is 5.37. The summed E-state index contributed by atoms with van der Waals surface area (Å²) in [7, 11) is -2.84. The fraction of sp³-hybridized carbons (Fsp3) is 0.688. The third-order valence-corrected chi connectivity index (χ3v) is 7.12. The summed E-state index contributed by atoms with van der Waals surface area (Å²) in [6, 6.07) is 3.95. The van der Waals surface area contributed by atoms with Gasteiger partial charge in [-0.15, -0.1) is 0 Å². The minimum Gasteiger partial charge on any atom is -0.469 e. The Balaban J connectivity index is 1.29. The highest BCUT2D eigenvalue weighted by molar-refractivity contribution is 7.91. The van der Waals surface area contributed by atoms with Crippen LogP contribution in [0.4, 0.5) is 0 Å². The predicted molar refractivity (Wildman–Crippen MR) is 84.8 cm³/mol. The Morgan fingerprint density at radius 2 is 2.00 bits per heavy atom. The maximum Gasteiger partial charge on any atom is 0.226 e. The van der Waals surface area contributed by atoms with Crippen LogP contribution >= 0.6 is 0 Å². The number of hydrogen-bond acceptors (Lipinski definition) is 5. The van der Waals surface area contributed by atoms with Gasteiger partial charge in [0.1, 0.15) is 5.76 Å². The lowest BCUT2D eigenvalue weighted by Gasteiger charge is -2.37. The Morgan fingerprint density at radius 1 is 1.22 bits per heavy atom. The van der Waals surface area contributed by atoms with Crippen LogP contribution < -0.4 is 0 Å². The number of hydrogen-bond donors (Lipinski definition) is 0. The van der Waals surface area contributed by atoms with Gasteiger partial charge in [-0.2, -0.15) is 0 Å². The topological polar surface area (TPSA) is 70.8 Å². The van der Waals surface area contributed by atoms with Crippen LogP contribution in [0.25, 0.3) is 0 Å². The van der Waals surface area contributed by atoms with Gasteiger partial charge in [0.25, 0.3) is 0 Å². The maximum atomic E-state index is 12.6. The Hall–Kier alpha value is -1.34. The van der Waals surface area contributed by atoms with Crippen molar-refractivity contribution in [1.82, 2.24) is 9.80 Å². The molecule has 0 bridgehead atoms. The highest BCUT2D eigenvalue weighted by Crippen LogP contribution is 2.48. The van der Waals surface area contributed by atoms with Crippen LogP contribution in [-0.2, 0) is 14.6 Å². The van der Waals surface area contributed by atoms with E-state index in [0.717, 1.165) is 31.7 Å². The van der Waals surface area contributed by atoms with Crippen LogP contribution in [0.3, 0.4) is 0 Å². The number of carbonyl (C=O) groups excluding carboxylic acids is 1. The van der Waals surface area contributed by atoms with Crippen molar-refractivity contribution in [2.45, 2.75) is 24.8 Å². The molecule has 2 saturated heterocycles. The van der Waals surface area contributed by atoms with Crippen molar-refractivity contribution >= 4 is 15.7 Å². The van der Waals surface area contributed by atoms with Gasteiger partial charge in [0.2, 0.25) is 5.91 Å². The molecule has 0 radical (unpaired) electrons. The second kappa shape index (κ2) is 5.63. The van der Waals surface area contributed by atoms with Crippen molar-refractivity contribution < 1.29 is 17.6 Å². The molecule has 7 heteroatoms. The van der Waals surface area contributed by atoms with Gasteiger partial charge >= 0.3 is 0 Å². The minimum absolute atomic E-state index is 0.0690. The van der Waals surface area contributed by atoms with E-state index in [0.29, 0.717) is 18.8 Å². The lowest BCUT2D eigenvalue weighted by Crippen LogP contribution is -2.52. The van der Waals surface area contributed by atoms with E-state index in [4.69, 9.17) is 4.42 Å². The second-order valence-electron chi connectivity index (χ2n) is 6.88. The number of amides is 1. The molecule has 0 N–H and O–H groups in total. The number of carbonyl (C=O) groups is 1. The normalized spacial score (nSPS) is 33.7. The smallest absolute Gasteiger partial charge is 0.226 e. The van der Waals surface area contributed by atoms with Gasteiger partial charge in [0.05, 0.1) is 17.8 Å². The molecule has 1 aromatic heterocycles. The van der Waals surface area contributed by atoms with E-state index in [1.165, 1.54) is 0 Å². The van der Waals surface area contributed by atoms with E-state index in [1.54, 1.807) is 6.26 Å². The number of sulfone groups is 1. The highest BCUT2D eigenvalue weighted by atomic mass is 32.2. The first-order valence-corrected chi connectivity index (χ1v) is 10.1. The van der Waals surface area contributed by atoms with Crippen LogP contribution in [0.1, 0.15) is 24.5 Å². The van der Waals surface area contributed by atoms with E-state index in [-0.39, 0.29) is 29.5 Å². The van der Waals surface area contributed by atoms with Gasteiger partial charge in [-0.25, -0.2) is 8.42 Å². The van der Waals surface area contributed by atoms with Gasteiger partial charge in [-0.05, 0) is 25.0 Å². The van der Waals surface area contributed by atoms with Crippen LogP contribution in [0.15, 0.2) is 22.8 Å². The summed E-state index contributed by atoms with van der Waals surface area (Å²) in [5.41, 5.74) is 0. The van der Waals surface area contributed by atoms with Crippen molar-refractivity contribution in [3.8, 4) is 0 Å². The van der Waals surface area contributed by atoms with Gasteiger partial charge < -0.3 is 9.32 Å². The Kier molecular flexibility index (Phi) is 3.72. The van der Waals surface area contributed by atoms with Crippen molar-refractivity contribution in [3.05, 3.63) is 24.2 Å². The summed E-state index contributed by atoms with van der Waals surface area (Å²) in [5, 5.41) is 0. The maximum absolute atomic E-state index is 12.6. The zero-order valence-corrected chi connectivity index (χ0v) is 13.9. The van der Waals surface area contributed by atoms with Crippen LogP contribution in [0.5, 0.6) is 0 Å². The van der Waals surface area contributed by atoms with E-state index in [1.807, 2.05) is 17.0 Å². The molecule has 126 valence electrons. The fourth-order valence-corrected chi connectivity index (χ4v) is 5.65. The van der Waals surface area contributed by atoms with Crippen LogP contribution in [0.2, 0.25) is 0 Å². The molecule has 6 nitrogen and oxygen atoms in total. The number of nitrogens with zero attached hydrogens (tertiary/aromatic N) is 2. The zero-order valence-electron chi connectivity index (χ0n) is 13.1. The molecule has 4 rings (SSSR count). The molecule has 3 atom stereocenters. The van der Waals surface area contributed by atoms with Crippen molar-refractivity contribution in [3.63, 3.8) is 0 Å². The third kappa shape index (κ3) is 3.04. The molecule has 1 aliphatic carbocycles. The average Bonchev–Trinajstić information content (AvgIpc) is 2.98. The minimum atomic E-state index is -2.84. The van der Waals surface area contributed by atoms with Gasteiger partial charge in [-0.1, -0.05) is 0 Å². The first-order valence-electron chi connectivity index (χ1n) is 8.30. The molecule has 1 amide bonds. The summed E-state index contributed by atoms with van der Waals surface area (Å²) in [6.07, 6.45) is 3.27. The molecule has 3 fully saturated rings. The summed E-state index contributed by atoms with van der Waals surface area (Å²) < 4.78 is 28.6. The number of rotatable bonds is 3. The monoisotopic (exact) mass is 338 g/mol. The van der Waals surface area contributed by atoms with Crippen LogP contribution in [0, 0.1) is 5.92 Å². The number of furan rings is 1. The molecule has 0 unspecified atom stereocenters. The molecule has 3 heterocycles. The zero-order chi connectivity index (χ0) is 16.0. The quantitative estimate of drug-likeness (QED) is 0.812. The van der Waals surface area contributed by atoms with Crippen molar-refractivity contribution in [2.75, 3.05) is 37.7 Å². The molecule has 0 aromatic carbocycles. The summed E-state index contributed by atoms with van der Waals surface area (Å²) in [4.78, 5) is 16.7.